The van der Waals surface area contributed by atoms with Gasteiger partial charge in [-0.15, -0.1) is 0 Å². The monoisotopic (exact) mass is 381 g/mol. The Bertz CT molecular complexity index is 326. The largest absolute Gasteiger partial charge is 0.469 e. The predicted octanol–water partition coefficient (Wildman–Crippen LogP) is 5.79. The number of nitrogens with two attached hydrogens (primary N) is 1. The molecule has 0 amide bonds. The summed E-state index contributed by atoms with van der Waals surface area (Å²) in [6.07, 6.45) is 13.2. The van der Waals surface area contributed by atoms with E-state index in [0.29, 0.717) is 5.92 Å². The van der Waals surface area contributed by atoms with Crippen LogP contribution in [-0.2, 0) is 9.09 Å². The maximum absolute atomic E-state index is 10.2. The lowest BCUT2D eigenvalue weighted by Crippen LogP contribution is -2.39. The van der Waals surface area contributed by atoms with Crippen molar-refractivity contribution in [3.63, 3.8) is 0 Å². The summed E-state index contributed by atoms with van der Waals surface area (Å²) >= 11 is 0. The highest BCUT2D eigenvalue weighted by Gasteiger charge is 2.19. The first-order valence-electron chi connectivity index (χ1n) is 10.0. The molecule has 0 aromatic heterocycles. The van der Waals surface area contributed by atoms with Crippen molar-refractivity contribution in [3.05, 3.63) is 0 Å². The maximum Gasteiger partial charge on any atom is 0.469 e. The molecule has 0 radical (unpaired) electrons. The summed E-state index contributed by atoms with van der Waals surface area (Å²) in [5.41, 5.74) is 6.00. The van der Waals surface area contributed by atoms with E-state index >= 15 is 0 Å². The van der Waals surface area contributed by atoms with Crippen LogP contribution in [0.3, 0.4) is 0 Å². The van der Waals surface area contributed by atoms with Gasteiger partial charge in [-0.3, -0.25) is 4.52 Å². The van der Waals surface area contributed by atoms with Crippen molar-refractivity contribution in [1.29, 1.82) is 0 Å². The molecule has 4 N–H and O–H groups in total. The Morgan fingerprint density at radius 1 is 0.920 bits per heavy atom. The number of phosphoric acid groups is 1. The average Bonchev–Trinajstić information content (AvgIpc) is 2.49. The van der Waals surface area contributed by atoms with Crippen LogP contribution in [0.15, 0.2) is 0 Å². The highest BCUT2D eigenvalue weighted by molar-refractivity contribution is 7.46. The van der Waals surface area contributed by atoms with Gasteiger partial charge in [0.1, 0.15) is 0 Å². The summed E-state index contributed by atoms with van der Waals surface area (Å²) in [7, 11) is -4.23. The Kier molecular flexibility index (Phi) is 17.7. The molecule has 25 heavy (non-hydrogen) atoms. The van der Waals surface area contributed by atoms with Crippen LogP contribution in [0.2, 0.25) is 0 Å². The second-order valence-electron chi connectivity index (χ2n) is 7.66. The fourth-order valence-corrected chi connectivity index (χ4v) is 2.68. The highest BCUT2D eigenvalue weighted by Crippen LogP contribution is 2.35. The highest BCUT2D eigenvalue weighted by atomic mass is 31.2. The molecule has 0 spiro atoms. The van der Waals surface area contributed by atoms with E-state index in [1.807, 2.05) is 0 Å². The van der Waals surface area contributed by atoms with E-state index in [9.17, 15) is 4.57 Å². The summed E-state index contributed by atoms with van der Waals surface area (Å²) in [6.45, 7) is 11.1. The van der Waals surface area contributed by atoms with Crippen LogP contribution in [-0.4, -0.2) is 21.9 Å². The van der Waals surface area contributed by atoms with Gasteiger partial charge in [-0.05, 0) is 32.6 Å². The van der Waals surface area contributed by atoms with Gasteiger partial charge in [0, 0.05) is 5.54 Å². The molecule has 5 nitrogen and oxygen atoms in total. The van der Waals surface area contributed by atoms with Crippen molar-refractivity contribution in [3.8, 4) is 0 Å². The molecule has 0 aliphatic heterocycles. The van der Waals surface area contributed by atoms with Crippen molar-refractivity contribution < 1.29 is 18.9 Å². The molecule has 6 heteroatoms. The number of phosphoric ester groups is 1. The van der Waals surface area contributed by atoms with Crippen LogP contribution >= 0.6 is 7.82 Å². The molecule has 0 bridgehead atoms. The minimum Gasteiger partial charge on any atom is -0.325 e. The maximum atomic E-state index is 10.2. The fourth-order valence-electron chi connectivity index (χ4n) is 2.32. The first-order chi connectivity index (χ1) is 11.5. The lowest BCUT2D eigenvalue weighted by molar-refractivity contribution is 0.193. The van der Waals surface area contributed by atoms with Crippen molar-refractivity contribution in [2.75, 3.05) is 6.61 Å². The standard InChI is InChI=1S/C11H25N.C8H19O4P/c1-5-6-7-8-9-10(2)11(3,4)12;1-2-3-4-5-6-7-8-12-13(9,10)11/h10H,5-9,12H2,1-4H3;2-8H2,1H3,(H2,9,10,11). The summed E-state index contributed by atoms with van der Waals surface area (Å²) in [6, 6.07) is 0. The molecule has 0 aliphatic rings. The van der Waals surface area contributed by atoms with Gasteiger partial charge in [-0.1, -0.05) is 78.6 Å². The van der Waals surface area contributed by atoms with Crippen molar-refractivity contribution >= 4 is 7.82 Å². The van der Waals surface area contributed by atoms with Gasteiger partial charge in [0.05, 0.1) is 6.61 Å². The van der Waals surface area contributed by atoms with E-state index in [1.165, 1.54) is 51.4 Å². The average molecular weight is 382 g/mol. The molecule has 1 atom stereocenters. The second-order valence-corrected chi connectivity index (χ2v) is 8.90. The van der Waals surface area contributed by atoms with E-state index in [-0.39, 0.29) is 12.1 Å². The van der Waals surface area contributed by atoms with E-state index in [0.717, 1.165) is 19.3 Å². The van der Waals surface area contributed by atoms with Crippen LogP contribution in [0.4, 0.5) is 0 Å². The molecule has 0 aromatic carbocycles. The lowest BCUT2D eigenvalue weighted by atomic mass is 9.86. The molecular formula is C19H44NO4P. The molecule has 0 heterocycles. The van der Waals surface area contributed by atoms with Crippen LogP contribution < -0.4 is 5.73 Å². The van der Waals surface area contributed by atoms with Crippen molar-refractivity contribution in [2.45, 2.75) is 111 Å². The first-order valence-corrected chi connectivity index (χ1v) is 11.6. The minimum absolute atomic E-state index is 0.00617. The Hall–Kier alpha value is 0.0700. The summed E-state index contributed by atoms with van der Waals surface area (Å²) in [4.78, 5) is 16.7. The van der Waals surface area contributed by atoms with E-state index in [1.54, 1.807) is 0 Å². The predicted molar refractivity (Wildman–Crippen MR) is 108 cm³/mol. The van der Waals surface area contributed by atoms with Crippen LogP contribution in [0, 0.1) is 5.92 Å². The first kappa shape index (κ1) is 27.3. The topological polar surface area (TPSA) is 92.8 Å². The van der Waals surface area contributed by atoms with Gasteiger partial charge in [0.25, 0.3) is 0 Å². The quantitative estimate of drug-likeness (QED) is 0.262. The number of rotatable bonds is 14. The number of hydrogen-bond donors (Lipinski definition) is 3. The molecule has 0 saturated carbocycles. The smallest absolute Gasteiger partial charge is 0.325 e. The second kappa shape index (κ2) is 16.3. The molecule has 154 valence electrons. The Morgan fingerprint density at radius 3 is 1.80 bits per heavy atom. The van der Waals surface area contributed by atoms with Gasteiger partial charge in [0.15, 0.2) is 0 Å². The Morgan fingerprint density at radius 2 is 1.36 bits per heavy atom. The Labute approximate surface area is 156 Å². The fraction of sp³-hybridized carbons (Fsp3) is 1.00. The third-order valence-corrected chi connectivity index (χ3v) is 5.04. The third kappa shape index (κ3) is 24.1. The van der Waals surface area contributed by atoms with Gasteiger partial charge in [0.2, 0.25) is 0 Å². The van der Waals surface area contributed by atoms with E-state index in [4.69, 9.17) is 15.5 Å². The number of unbranched alkanes of at least 4 members (excludes halogenated alkanes) is 8. The molecule has 0 fully saturated rings. The minimum atomic E-state index is -4.23. The van der Waals surface area contributed by atoms with E-state index < -0.39 is 7.82 Å². The van der Waals surface area contributed by atoms with Gasteiger partial charge < -0.3 is 15.5 Å². The van der Waals surface area contributed by atoms with Crippen LogP contribution in [0.25, 0.3) is 0 Å². The molecule has 0 saturated heterocycles. The van der Waals surface area contributed by atoms with E-state index in [2.05, 4.69) is 39.1 Å². The van der Waals surface area contributed by atoms with Gasteiger partial charge in [-0.25, -0.2) is 4.57 Å². The SMILES string of the molecule is CCCCCCC(C)C(C)(C)N.CCCCCCCCOP(=O)(O)O. The summed E-state index contributed by atoms with van der Waals surface area (Å²) in [5.74, 6) is 0.648. The zero-order chi connectivity index (χ0) is 19.8. The summed E-state index contributed by atoms with van der Waals surface area (Å²) in [5, 5.41) is 0. The van der Waals surface area contributed by atoms with Crippen molar-refractivity contribution in [2.24, 2.45) is 11.7 Å². The third-order valence-electron chi connectivity index (χ3n) is 4.52. The lowest BCUT2D eigenvalue weighted by Gasteiger charge is -2.27. The van der Waals surface area contributed by atoms with Gasteiger partial charge >= 0.3 is 7.82 Å². The molecule has 1 unspecified atom stereocenters. The summed E-state index contributed by atoms with van der Waals surface area (Å²) < 4.78 is 14.5. The zero-order valence-corrected chi connectivity index (χ0v) is 18.2. The molecule has 0 rings (SSSR count). The van der Waals surface area contributed by atoms with Crippen LogP contribution in [0.1, 0.15) is 105 Å². The molecule has 0 aromatic rings. The molecule has 0 aliphatic carbocycles. The Balaban J connectivity index is 0. The zero-order valence-electron chi connectivity index (χ0n) is 17.3. The molecular weight excluding hydrogens is 337 g/mol. The van der Waals surface area contributed by atoms with Crippen molar-refractivity contribution in [1.82, 2.24) is 0 Å². The van der Waals surface area contributed by atoms with Crippen LogP contribution in [0.5, 0.6) is 0 Å². The van der Waals surface area contributed by atoms with Gasteiger partial charge in [-0.2, -0.15) is 0 Å². The number of hydrogen-bond acceptors (Lipinski definition) is 3. The normalized spacial score (nSPS) is 13.3.